The molecule has 9 aromatic carbocycles. The maximum atomic E-state index is 10.4. The van der Waals surface area contributed by atoms with Crippen LogP contribution >= 0.6 is 0 Å². The second kappa shape index (κ2) is 12.8. The summed E-state index contributed by atoms with van der Waals surface area (Å²) in [7, 11) is -3.00. The zero-order chi connectivity index (χ0) is 46.0. The summed E-state index contributed by atoms with van der Waals surface area (Å²) in [5.41, 5.74) is 2.63. The number of hydrogen-bond donors (Lipinski definition) is 0. The maximum absolute atomic E-state index is 10.4. The highest BCUT2D eigenvalue weighted by Crippen LogP contribution is 2.45. The first-order valence-corrected chi connectivity index (χ1v) is 21.2. The average Bonchev–Trinajstić information content (AvgIpc) is 4.05. The Balaban J connectivity index is 1.28. The van der Waals surface area contributed by atoms with E-state index < -0.39 is 32.2 Å². The number of fused-ring (bicyclic) bond motifs is 10. The molecule has 0 saturated heterocycles. The maximum Gasteiger partial charge on any atom is 0.179 e. The lowest BCUT2D eigenvalue weighted by molar-refractivity contribution is 0.666. The van der Waals surface area contributed by atoms with Gasteiger partial charge in [0.05, 0.1) is 45.5 Å². The molecule has 0 aliphatic rings. The van der Waals surface area contributed by atoms with Crippen molar-refractivity contribution in [3.05, 3.63) is 218 Å². The summed E-state index contributed by atoms with van der Waals surface area (Å²) in [4.78, 5) is 0. The van der Waals surface area contributed by atoms with E-state index in [1.165, 1.54) is 15.6 Å². The number of hydrogen-bond acceptors (Lipinski definition) is 1. The predicted octanol–water partition coefficient (Wildman–Crippen LogP) is 11.2. The number of nitrogens with zero attached hydrogens (tertiary/aromatic N) is 2. The number of para-hydroxylation sites is 4. The van der Waals surface area contributed by atoms with Gasteiger partial charge in [0, 0.05) is 32.6 Å². The third kappa shape index (κ3) is 4.61. The summed E-state index contributed by atoms with van der Waals surface area (Å²) >= 11 is 0. The predicted molar refractivity (Wildman–Crippen MR) is 246 cm³/mol. The topological polar surface area (TPSA) is 23.0 Å². The van der Waals surface area contributed by atoms with E-state index in [0.29, 0.717) is 5.69 Å². The molecule has 0 bridgehead atoms. The van der Waals surface area contributed by atoms with Crippen molar-refractivity contribution in [2.24, 2.45) is 0 Å². The summed E-state index contributed by atoms with van der Waals surface area (Å²) in [6, 6.07) is 51.7. The van der Waals surface area contributed by atoms with Crippen LogP contribution in [0.3, 0.4) is 0 Å². The molecule has 0 spiro atoms. The molecule has 12 rings (SSSR count). The normalized spacial score (nSPS) is 14.3. The minimum absolute atomic E-state index is 0.0765. The smallest absolute Gasteiger partial charge is 0.179 e. The monoisotopic (exact) mass is 765 g/mol. The fourth-order valence-corrected chi connectivity index (χ4v) is 14.0. The molecule has 0 atom stereocenters. The molecule has 12 aromatic rings. The van der Waals surface area contributed by atoms with E-state index in [1.807, 2.05) is 83.4 Å². The molecule has 3 heterocycles. The van der Waals surface area contributed by atoms with Crippen LogP contribution in [0.4, 0.5) is 0 Å². The molecule has 0 saturated carbocycles. The Kier molecular flexibility index (Phi) is 5.52. The van der Waals surface area contributed by atoms with Gasteiger partial charge in [0.15, 0.2) is 13.7 Å². The van der Waals surface area contributed by atoms with Gasteiger partial charge in [-0.25, -0.2) is 0 Å². The summed E-state index contributed by atoms with van der Waals surface area (Å²) in [5, 5.41) is 6.99. The van der Waals surface area contributed by atoms with Crippen LogP contribution < -0.4 is 20.7 Å². The SMILES string of the molecule is [2H]c1c([2H])c([2H])c2c(oc3c(-n4c5ccccc5c5ccccc54)c([2H])c4c5c([2H])c([2H])c([2H])c([2H])c5n(-c5ccc([Si](c6ccccc6)(c6ccccc6)c6ccccc6)cc5)c4c32)c1[2H]. The Bertz CT molecular complexity index is 3870. The van der Waals surface area contributed by atoms with Gasteiger partial charge >= 0.3 is 0 Å². The molecule has 3 aromatic heterocycles. The standard InChI is InChI=1S/C54H36N2OSi/c1-4-18-38(19-5-1)58(39-20-6-2-7-21-39,40-22-8-3-9-23-40)41-34-32-37(33-35-41)55-47-28-14-12-26-44(47)46-36-50(54-52(53(46)55)45-27-13-17-31-51(45)57-54)56-48-29-15-10-24-42(48)43-25-11-16-30-49(43)56/h1-36H/i12D,13D,14D,17D,26D,27D,28D,31D,36D. The molecule has 0 N–H and O–H groups in total. The Morgan fingerprint density at radius 3 is 1.52 bits per heavy atom. The highest BCUT2D eigenvalue weighted by atomic mass is 28.3. The van der Waals surface area contributed by atoms with Crippen LogP contribution in [-0.2, 0) is 0 Å². The van der Waals surface area contributed by atoms with Gasteiger partial charge < -0.3 is 13.6 Å². The Labute approximate surface area is 348 Å². The van der Waals surface area contributed by atoms with Crippen LogP contribution in [0.5, 0.6) is 0 Å². The lowest BCUT2D eigenvalue weighted by atomic mass is 10.1. The number of benzene rings is 9. The minimum atomic E-state index is -3.00. The molecule has 0 amide bonds. The van der Waals surface area contributed by atoms with Gasteiger partial charge in [-0.3, -0.25) is 0 Å². The van der Waals surface area contributed by atoms with Gasteiger partial charge in [-0.15, -0.1) is 0 Å². The average molecular weight is 766 g/mol. The molecular weight excluding hydrogens is 721 g/mol. The van der Waals surface area contributed by atoms with Crippen molar-refractivity contribution >= 4 is 94.4 Å². The van der Waals surface area contributed by atoms with E-state index in [0.717, 1.165) is 27.0 Å². The van der Waals surface area contributed by atoms with Gasteiger partial charge in [0.1, 0.15) is 5.58 Å². The Morgan fingerprint density at radius 2 is 0.914 bits per heavy atom. The van der Waals surface area contributed by atoms with Crippen LogP contribution in [0.25, 0.3) is 76.9 Å². The minimum Gasteiger partial charge on any atom is -0.454 e. The molecule has 0 fully saturated rings. The summed E-state index contributed by atoms with van der Waals surface area (Å²) in [6.07, 6.45) is 0. The van der Waals surface area contributed by atoms with Crippen LogP contribution in [0.2, 0.25) is 0 Å². The van der Waals surface area contributed by atoms with Crippen molar-refractivity contribution in [2.45, 2.75) is 0 Å². The second-order valence-electron chi connectivity index (χ2n) is 14.5. The van der Waals surface area contributed by atoms with E-state index in [9.17, 15) is 5.48 Å². The highest BCUT2D eigenvalue weighted by Gasteiger charge is 2.41. The summed E-state index contributed by atoms with van der Waals surface area (Å²) in [6.45, 7) is 0. The van der Waals surface area contributed by atoms with E-state index in [-0.39, 0.29) is 79.6 Å². The Morgan fingerprint density at radius 1 is 0.414 bits per heavy atom. The third-order valence-electron chi connectivity index (χ3n) is 11.6. The van der Waals surface area contributed by atoms with Crippen LogP contribution in [0, 0.1) is 0 Å². The van der Waals surface area contributed by atoms with Gasteiger partial charge in [-0.05, 0) is 63.1 Å². The molecule has 0 radical (unpaired) electrons. The molecule has 0 unspecified atom stereocenters. The number of furan rings is 1. The third-order valence-corrected chi connectivity index (χ3v) is 16.4. The van der Waals surface area contributed by atoms with Crippen LogP contribution in [0.15, 0.2) is 223 Å². The van der Waals surface area contributed by atoms with E-state index in [4.69, 9.17) is 11.3 Å². The van der Waals surface area contributed by atoms with Crippen molar-refractivity contribution in [1.82, 2.24) is 9.13 Å². The van der Waals surface area contributed by atoms with Crippen LogP contribution in [-0.4, -0.2) is 17.2 Å². The zero-order valence-electron chi connectivity index (χ0n) is 39.9. The van der Waals surface area contributed by atoms with Crippen LogP contribution in [0.1, 0.15) is 12.3 Å². The molecule has 4 heteroatoms. The van der Waals surface area contributed by atoms with Gasteiger partial charge in [-0.1, -0.05) is 176 Å². The summed E-state index contributed by atoms with van der Waals surface area (Å²) in [5.74, 6) is 0. The number of aromatic nitrogens is 2. The highest BCUT2D eigenvalue weighted by molar-refractivity contribution is 7.19. The van der Waals surface area contributed by atoms with Crippen molar-refractivity contribution in [3.63, 3.8) is 0 Å². The fraction of sp³-hybridized carbons (Fsp3) is 0. The van der Waals surface area contributed by atoms with Crippen molar-refractivity contribution in [3.8, 4) is 11.4 Å². The van der Waals surface area contributed by atoms with Gasteiger partial charge in [-0.2, -0.15) is 0 Å². The quantitative estimate of drug-likeness (QED) is 0.122. The first-order valence-electron chi connectivity index (χ1n) is 23.7. The van der Waals surface area contributed by atoms with E-state index in [1.54, 1.807) is 4.57 Å². The Hall–Kier alpha value is -7.40. The van der Waals surface area contributed by atoms with Crippen molar-refractivity contribution in [1.29, 1.82) is 0 Å². The zero-order valence-corrected chi connectivity index (χ0v) is 31.9. The fourth-order valence-electron chi connectivity index (χ4n) is 9.25. The first-order chi connectivity index (χ1) is 32.5. The molecule has 0 aliphatic heterocycles. The van der Waals surface area contributed by atoms with Gasteiger partial charge in [0.25, 0.3) is 0 Å². The lowest BCUT2D eigenvalue weighted by Gasteiger charge is -2.34. The molecular formula is C54H36N2OSi. The molecule has 0 aliphatic carbocycles. The van der Waals surface area contributed by atoms with E-state index >= 15 is 0 Å². The van der Waals surface area contributed by atoms with E-state index in [2.05, 4.69) is 84.9 Å². The molecule has 3 nitrogen and oxygen atoms in total. The van der Waals surface area contributed by atoms with Gasteiger partial charge in [0.2, 0.25) is 0 Å². The first kappa shape index (κ1) is 25.0. The molecule has 272 valence electrons. The molecule has 58 heavy (non-hydrogen) atoms. The lowest BCUT2D eigenvalue weighted by Crippen LogP contribution is -2.74. The summed E-state index contributed by atoms with van der Waals surface area (Å²) < 4.78 is 93.9. The second-order valence-corrected chi connectivity index (χ2v) is 18.3. The number of rotatable bonds is 6. The van der Waals surface area contributed by atoms with Crippen molar-refractivity contribution in [2.75, 3.05) is 0 Å². The van der Waals surface area contributed by atoms with Crippen molar-refractivity contribution < 1.29 is 16.8 Å². The largest absolute Gasteiger partial charge is 0.454 e.